The molecule has 0 radical (unpaired) electrons. The van der Waals surface area contributed by atoms with E-state index >= 15 is 0 Å². The number of hydrogen-bond donors (Lipinski definition) is 1. The molecule has 3 rings (SSSR count). The first-order chi connectivity index (χ1) is 10.3. The Labute approximate surface area is 132 Å². The minimum absolute atomic E-state index is 0.824. The summed E-state index contributed by atoms with van der Waals surface area (Å²) in [5.41, 5.74) is 4.35. The van der Waals surface area contributed by atoms with Crippen LogP contribution in [-0.4, -0.2) is 17.3 Å². The van der Waals surface area contributed by atoms with Crippen molar-refractivity contribution in [2.24, 2.45) is 0 Å². The summed E-state index contributed by atoms with van der Waals surface area (Å²) in [5, 5.41) is 7.49. The van der Waals surface area contributed by atoms with Crippen LogP contribution in [0.25, 0.3) is 11.3 Å². The SMILES string of the molecule is COc1ccc(-c2cc(Cc3ccccc3Br)[nH]n2)cc1. The highest BCUT2D eigenvalue weighted by atomic mass is 79.9. The Balaban J connectivity index is 1.81. The number of halogens is 1. The summed E-state index contributed by atoms with van der Waals surface area (Å²) in [4.78, 5) is 0. The van der Waals surface area contributed by atoms with Crippen molar-refractivity contribution in [3.05, 3.63) is 70.3 Å². The Morgan fingerprint density at radius 3 is 2.57 bits per heavy atom. The van der Waals surface area contributed by atoms with E-state index in [0.717, 1.165) is 33.6 Å². The van der Waals surface area contributed by atoms with Crippen LogP contribution in [0.15, 0.2) is 59.1 Å². The van der Waals surface area contributed by atoms with Crippen LogP contribution in [0.5, 0.6) is 5.75 Å². The van der Waals surface area contributed by atoms with E-state index in [-0.39, 0.29) is 0 Å². The van der Waals surface area contributed by atoms with E-state index < -0.39 is 0 Å². The largest absolute Gasteiger partial charge is 0.497 e. The number of rotatable bonds is 4. The van der Waals surface area contributed by atoms with E-state index in [1.807, 2.05) is 36.4 Å². The number of aromatic amines is 1. The van der Waals surface area contributed by atoms with Crippen molar-refractivity contribution in [1.82, 2.24) is 10.2 Å². The summed E-state index contributed by atoms with van der Waals surface area (Å²) in [7, 11) is 1.67. The summed E-state index contributed by atoms with van der Waals surface area (Å²) in [6.45, 7) is 0. The summed E-state index contributed by atoms with van der Waals surface area (Å²) >= 11 is 3.57. The number of methoxy groups -OCH3 is 1. The minimum atomic E-state index is 0.824. The lowest BCUT2D eigenvalue weighted by molar-refractivity contribution is 0.415. The van der Waals surface area contributed by atoms with Crippen LogP contribution < -0.4 is 4.74 Å². The molecule has 0 atom stereocenters. The Kier molecular flexibility index (Phi) is 4.06. The molecule has 0 aliphatic rings. The van der Waals surface area contributed by atoms with Gasteiger partial charge in [-0.05, 0) is 42.0 Å². The average molecular weight is 343 g/mol. The second kappa shape index (κ2) is 6.14. The van der Waals surface area contributed by atoms with Crippen molar-refractivity contribution in [3.8, 4) is 17.0 Å². The van der Waals surface area contributed by atoms with Crippen LogP contribution in [0.1, 0.15) is 11.3 Å². The Morgan fingerprint density at radius 2 is 1.86 bits per heavy atom. The summed E-state index contributed by atoms with van der Waals surface area (Å²) in [6, 6.07) is 18.2. The van der Waals surface area contributed by atoms with Gasteiger partial charge in [0.1, 0.15) is 5.75 Å². The van der Waals surface area contributed by atoms with Gasteiger partial charge in [-0.15, -0.1) is 0 Å². The van der Waals surface area contributed by atoms with Gasteiger partial charge in [0.25, 0.3) is 0 Å². The van der Waals surface area contributed by atoms with Gasteiger partial charge in [-0.3, -0.25) is 5.10 Å². The molecule has 0 fully saturated rings. The molecular formula is C17H15BrN2O. The third kappa shape index (κ3) is 3.16. The van der Waals surface area contributed by atoms with Crippen molar-refractivity contribution < 1.29 is 4.74 Å². The molecule has 0 bridgehead atoms. The van der Waals surface area contributed by atoms with E-state index in [1.165, 1.54) is 5.56 Å². The zero-order valence-corrected chi connectivity index (χ0v) is 13.2. The second-order valence-corrected chi connectivity index (χ2v) is 5.63. The van der Waals surface area contributed by atoms with Crippen molar-refractivity contribution in [1.29, 1.82) is 0 Å². The van der Waals surface area contributed by atoms with Gasteiger partial charge in [-0.2, -0.15) is 5.10 Å². The fraction of sp³-hybridized carbons (Fsp3) is 0.118. The lowest BCUT2D eigenvalue weighted by Crippen LogP contribution is -1.89. The van der Waals surface area contributed by atoms with Crippen molar-refractivity contribution in [2.75, 3.05) is 7.11 Å². The highest BCUT2D eigenvalue weighted by molar-refractivity contribution is 9.10. The lowest BCUT2D eigenvalue weighted by atomic mass is 10.1. The predicted octanol–water partition coefficient (Wildman–Crippen LogP) is 4.44. The number of aromatic nitrogens is 2. The van der Waals surface area contributed by atoms with Gasteiger partial charge >= 0.3 is 0 Å². The topological polar surface area (TPSA) is 37.9 Å². The molecule has 0 spiro atoms. The molecule has 0 aliphatic carbocycles. The molecule has 21 heavy (non-hydrogen) atoms. The van der Waals surface area contributed by atoms with Gasteiger partial charge in [0, 0.05) is 22.2 Å². The first-order valence-electron chi connectivity index (χ1n) is 6.68. The smallest absolute Gasteiger partial charge is 0.118 e. The van der Waals surface area contributed by atoms with Crippen molar-refractivity contribution in [3.63, 3.8) is 0 Å². The molecule has 0 unspecified atom stereocenters. The fourth-order valence-electron chi connectivity index (χ4n) is 2.21. The number of benzene rings is 2. The van der Waals surface area contributed by atoms with Gasteiger partial charge in [0.15, 0.2) is 0 Å². The fourth-order valence-corrected chi connectivity index (χ4v) is 2.63. The van der Waals surface area contributed by atoms with Crippen LogP contribution in [-0.2, 0) is 6.42 Å². The molecule has 4 heteroatoms. The van der Waals surface area contributed by atoms with Gasteiger partial charge in [0.05, 0.1) is 12.8 Å². The molecule has 0 aliphatic heterocycles. The van der Waals surface area contributed by atoms with E-state index in [2.05, 4.69) is 44.3 Å². The van der Waals surface area contributed by atoms with Gasteiger partial charge < -0.3 is 4.74 Å². The van der Waals surface area contributed by atoms with Crippen LogP contribution in [0.2, 0.25) is 0 Å². The van der Waals surface area contributed by atoms with Crippen LogP contribution in [0.4, 0.5) is 0 Å². The third-order valence-electron chi connectivity index (χ3n) is 3.36. The van der Waals surface area contributed by atoms with Gasteiger partial charge in [-0.25, -0.2) is 0 Å². The summed E-state index contributed by atoms with van der Waals surface area (Å²) in [6.07, 6.45) is 0.824. The monoisotopic (exact) mass is 342 g/mol. The Hall–Kier alpha value is -2.07. The Morgan fingerprint density at radius 1 is 1.10 bits per heavy atom. The highest BCUT2D eigenvalue weighted by Crippen LogP contribution is 2.23. The first-order valence-corrected chi connectivity index (χ1v) is 7.47. The average Bonchev–Trinajstić information content (AvgIpc) is 2.98. The predicted molar refractivity (Wildman–Crippen MR) is 87.5 cm³/mol. The number of nitrogens with one attached hydrogen (secondary N) is 1. The minimum Gasteiger partial charge on any atom is -0.497 e. The van der Waals surface area contributed by atoms with Crippen molar-refractivity contribution in [2.45, 2.75) is 6.42 Å². The number of H-pyrrole nitrogens is 1. The van der Waals surface area contributed by atoms with E-state index in [9.17, 15) is 0 Å². The molecule has 0 saturated carbocycles. The molecular weight excluding hydrogens is 328 g/mol. The maximum absolute atomic E-state index is 5.17. The highest BCUT2D eigenvalue weighted by Gasteiger charge is 2.06. The van der Waals surface area contributed by atoms with E-state index in [1.54, 1.807) is 7.11 Å². The second-order valence-electron chi connectivity index (χ2n) is 4.78. The summed E-state index contributed by atoms with van der Waals surface area (Å²) < 4.78 is 6.29. The maximum atomic E-state index is 5.17. The molecule has 106 valence electrons. The summed E-state index contributed by atoms with van der Waals surface area (Å²) in [5.74, 6) is 0.850. The normalized spacial score (nSPS) is 10.6. The molecule has 3 nitrogen and oxygen atoms in total. The number of hydrogen-bond acceptors (Lipinski definition) is 2. The standard InChI is InChI=1S/C17H15BrN2O/c1-21-15-8-6-12(7-9-15)17-11-14(19-20-17)10-13-4-2-3-5-16(13)18/h2-9,11H,10H2,1H3,(H,19,20). The molecule has 1 heterocycles. The quantitative estimate of drug-likeness (QED) is 0.761. The van der Waals surface area contributed by atoms with Crippen molar-refractivity contribution >= 4 is 15.9 Å². The Bertz CT molecular complexity index is 735. The van der Waals surface area contributed by atoms with Gasteiger partial charge in [-0.1, -0.05) is 34.1 Å². The molecule has 1 aromatic heterocycles. The molecule has 0 amide bonds. The molecule has 0 saturated heterocycles. The van der Waals surface area contributed by atoms with E-state index in [4.69, 9.17) is 4.74 Å². The number of nitrogens with zero attached hydrogens (tertiary/aromatic N) is 1. The molecule has 1 N–H and O–H groups in total. The van der Waals surface area contributed by atoms with E-state index in [0.29, 0.717) is 0 Å². The van der Waals surface area contributed by atoms with Crippen LogP contribution in [0, 0.1) is 0 Å². The zero-order valence-electron chi connectivity index (χ0n) is 11.6. The zero-order chi connectivity index (χ0) is 14.7. The number of ether oxygens (including phenoxy) is 1. The maximum Gasteiger partial charge on any atom is 0.118 e. The van der Waals surface area contributed by atoms with Crippen LogP contribution >= 0.6 is 15.9 Å². The van der Waals surface area contributed by atoms with Crippen LogP contribution in [0.3, 0.4) is 0 Å². The third-order valence-corrected chi connectivity index (χ3v) is 4.13. The molecule has 3 aromatic rings. The van der Waals surface area contributed by atoms with Gasteiger partial charge in [0.2, 0.25) is 0 Å². The first kappa shape index (κ1) is 13.9. The lowest BCUT2D eigenvalue weighted by Gasteiger charge is -2.01. The molecule has 2 aromatic carbocycles.